The number of carboxylic acids is 1. The number of aromatic carboxylic acids is 1. The molecule has 2 N–H and O–H groups in total. The van der Waals surface area contributed by atoms with E-state index in [2.05, 4.69) is 10.3 Å². The highest BCUT2D eigenvalue weighted by molar-refractivity contribution is 6.05. The second kappa shape index (κ2) is 8.65. The average Bonchev–Trinajstić information content (AvgIpc) is 2.74. The van der Waals surface area contributed by atoms with Crippen LogP contribution in [0.15, 0.2) is 42.7 Å². The normalized spacial score (nSPS) is 14.3. The Bertz CT molecular complexity index is 873. The van der Waals surface area contributed by atoms with Gasteiger partial charge >= 0.3 is 5.97 Å². The van der Waals surface area contributed by atoms with E-state index in [1.54, 1.807) is 24.3 Å². The molecule has 1 aliphatic rings. The lowest BCUT2D eigenvalue weighted by Gasteiger charge is -2.31. The van der Waals surface area contributed by atoms with Crippen LogP contribution in [0.25, 0.3) is 0 Å². The van der Waals surface area contributed by atoms with Gasteiger partial charge in [0.05, 0.1) is 11.1 Å². The number of carbonyl (C=O) groups excluding carboxylic acids is 2. The van der Waals surface area contributed by atoms with Crippen LogP contribution in [0.2, 0.25) is 0 Å². The minimum Gasteiger partial charge on any atom is -0.478 e. The summed E-state index contributed by atoms with van der Waals surface area (Å²) in [5.41, 5.74) is 1.18. The van der Waals surface area contributed by atoms with Crippen molar-refractivity contribution in [2.24, 2.45) is 0 Å². The summed E-state index contributed by atoms with van der Waals surface area (Å²) in [6.45, 7) is 0. The molecule has 0 unspecified atom stereocenters. The molecule has 2 aromatic rings. The van der Waals surface area contributed by atoms with Crippen molar-refractivity contribution in [1.82, 2.24) is 9.88 Å². The van der Waals surface area contributed by atoms with Gasteiger partial charge in [-0.1, -0.05) is 19.3 Å². The molecule has 28 heavy (non-hydrogen) atoms. The summed E-state index contributed by atoms with van der Waals surface area (Å²) in [4.78, 5) is 41.6. The molecule has 2 amide bonds. The second-order valence-electron chi connectivity index (χ2n) is 7.01. The van der Waals surface area contributed by atoms with Gasteiger partial charge in [-0.15, -0.1) is 0 Å². The van der Waals surface area contributed by atoms with E-state index in [0.717, 1.165) is 25.7 Å². The summed E-state index contributed by atoms with van der Waals surface area (Å²) < 4.78 is 0. The number of carbonyl (C=O) groups is 3. The number of nitrogens with zero attached hydrogens (tertiary/aromatic N) is 2. The Hall–Kier alpha value is -3.22. The summed E-state index contributed by atoms with van der Waals surface area (Å²) in [7, 11) is 1.84. The molecule has 1 aromatic heterocycles. The number of hydrogen-bond acceptors (Lipinski definition) is 4. The number of carboxylic acid groups (broad SMARTS) is 1. The molecule has 1 fully saturated rings. The molecule has 1 heterocycles. The Morgan fingerprint density at radius 1 is 1.00 bits per heavy atom. The van der Waals surface area contributed by atoms with E-state index in [-0.39, 0.29) is 23.1 Å². The van der Waals surface area contributed by atoms with Gasteiger partial charge in [0, 0.05) is 36.7 Å². The molecule has 1 saturated carbocycles. The van der Waals surface area contributed by atoms with Gasteiger partial charge in [0.25, 0.3) is 11.8 Å². The number of pyridine rings is 1. The SMILES string of the molecule is CN(C(=O)c1ccc(NC(=O)c2cncc(C(=O)O)c2)cc1)C1CCCCC1. The fourth-order valence-corrected chi connectivity index (χ4v) is 3.42. The van der Waals surface area contributed by atoms with Crippen molar-refractivity contribution in [2.75, 3.05) is 12.4 Å². The topological polar surface area (TPSA) is 99.6 Å². The predicted molar refractivity (Wildman–Crippen MR) is 105 cm³/mol. The first-order valence-corrected chi connectivity index (χ1v) is 9.32. The van der Waals surface area contributed by atoms with Crippen molar-refractivity contribution in [1.29, 1.82) is 0 Å². The van der Waals surface area contributed by atoms with Crippen molar-refractivity contribution < 1.29 is 19.5 Å². The molecule has 0 atom stereocenters. The van der Waals surface area contributed by atoms with Gasteiger partial charge in [0.1, 0.15) is 0 Å². The molecule has 1 aromatic carbocycles. The van der Waals surface area contributed by atoms with Gasteiger partial charge in [0.2, 0.25) is 0 Å². The van der Waals surface area contributed by atoms with Crippen LogP contribution in [0.1, 0.15) is 63.2 Å². The van der Waals surface area contributed by atoms with Crippen LogP contribution in [-0.4, -0.2) is 45.9 Å². The number of aromatic nitrogens is 1. The number of anilines is 1. The lowest BCUT2D eigenvalue weighted by Crippen LogP contribution is -2.38. The number of amides is 2. The van der Waals surface area contributed by atoms with Crippen LogP contribution in [0.5, 0.6) is 0 Å². The lowest BCUT2D eigenvalue weighted by molar-refractivity contribution is 0.0687. The molecule has 3 rings (SSSR count). The summed E-state index contributed by atoms with van der Waals surface area (Å²) in [5, 5.41) is 11.7. The van der Waals surface area contributed by atoms with Crippen molar-refractivity contribution in [3.8, 4) is 0 Å². The molecule has 0 spiro atoms. The zero-order valence-corrected chi connectivity index (χ0v) is 15.7. The first-order chi connectivity index (χ1) is 13.5. The van der Waals surface area contributed by atoms with E-state index in [1.165, 1.54) is 24.9 Å². The van der Waals surface area contributed by atoms with E-state index in [9.17, 15) is 14.4 Å². The van der Waals surface area contributed by atoms with E-state index in [1.807, 2.05) is 11.9 Å². The average molecular weight is 381 g/mol. The number of nitrogens with one attached hydrogen (secondary N) is 1. The summed E-state index contributed by atoms with van der Waals surface area (Å²) in [6.07, 6.45) is 8.12. The van der Waals surface area contributed by atoms with Crippen LogP contribution in [-0.2, 0) is 0 Å². The van der Waals surface area contributed by atoms with Gasteiger partial charge in [-0.3, -0.25) is 14.6 Å². The first-order valence-electron chi connectivity index (χ1n) is 9.32. The second-order valence-corrected chi connectivity index (χ2v) is 7.01. The van der Waals surface area contributed by atoms with Gasteiger partial charge in [-0.05, 0) is 43.2 Å². The third-order valence-corrected chi connectivity index (χ3v) is 5.08. The highest BCUT2D eigenvalue weighted by Gasteiger charge is 2.23. The monoisotopic (exact) mass is 381 g/mol. The van der Waals surface area contributed by atoms with Gasteiger partial charge in [-0.25, -0.2) is 4.79 Å². The summed E-state index contributed by atoms with van der Waals surface area (Å²) >= 11 is 0. The Morgan fingerprint density at radius 3 is 2.29 bits per heavy atom. The minimum atomic E-state index is -1.15. The van der Waals surface area contributed by atoms with Crippen LogP contribution in [0, 0.1) is 0 Å². The number of hydrogen-bond donors (Lipinski definition) is 2. The van der Waals surface area contributed by atoms with E-state index < -0.39 is 11.9 Å². The molecule has 0 bridgehead atoms. The minimum absolute atomic E-state index is 0.0249. The zero-order chi connectivity index (χ0) is 20.1. The molecular weight excluding hydrogens is 358 g/mol. The fourth-order valence-electron chi connectivity index (χ4n) is 3.42. The van der Waals surface area contributed by atoms with Crippen LogP contribution in [0.3, 0.4) is 0 Å². The quantitative estimate of drug-likeness (QED) is 0.826. The standard InChI is InChI=1S/C21H23N3O4/c1-24(18-5-3-2-4-6-18)20(26)14-7-9-17(10-8-14)23-19(25)15-11-16(21(27)28)13-22-12-15/h7-13,18H,2-6H2,1H3,(H,23,25)(H,27,28). The van der Waals surface area contributed by atoms with Crippen molar-refractivity contribution in [3.05, 3.63) is 59.4 Å². The van der Waals surface area contributed by atoms with Crippen LogP contribution < -0.4 is 5.32 Å². The Morgan fingerprint density at radius 2 is 1.64 bits per heavy atom. The van der Waals surface area contributed by atoms with Crippen molar-refractivity contribution in [2.45, 2.75) is 38.1 Å². The molecule has 7 nitrogen and oxygen atoms in total. The van der Waals surface area contributed by atoms with Crippen LogP contribution in [0.4, 0.5) is 5.69 Å². The third kappa shape index (κ3) is 4.54. The molecule has 1 aliphatic carbocycles. The molecule has 146 valence electrons. The Labute approximate surface area is 163 Å². The number of benzene rings is 1. The largest absolute Gasteiger partial charge is 0.478 e. The zero-order valence-electron chi connectivity index (χ0n) is 15.7. The number of rotatable bonds is 5. The summed E-state index contributed by atoms with van der Waals surface area (Å²) in [5.74, 6) is -1.63. The molecule has 0 radical (unpaired) electrons. The van der Waals surface area contributed by atoms with Crippen molar-refractivity contribution in [3.63, 3.8) is 0 Å². The van der Waals surface area contributed by atoms with E-state index in [0.29, 0.717) is 11.3 Å². The lowest BCUT2D eigenvalue weighted by atomic mass is 9.94. The Balaban J connectivity index is 1.65. The maximum Gasteiger partial charge on any atom is 0.337 e. The molecule has 0 aliphatic heterocycles. The highest BCUT2D eigenvalue weighted by Crippen LogP contribution is 2.23. The van der Waals surface area contributed by atoms with Gasteiger partial charge in [-0.2, -0.15) is 0 Å². The molecular formula is C21H23N3O4. The van der Waals surface area contributed by atoms with Crippen molar-refractivity contribution >= 4 is 23.5 Å². The molecule has 0 saturated heterocycles. The Kier molecular flexibility index (Phi) is 6.03. The molecule has 7 heteroatoms. The highest BCUT2D eigenvalue weighted by atomic mass is 16.4. The maximum absolute atomic E-state index is 12.7. The maximum atomic E-state index is 12.7. The van der Waals surface area contributed by atoms with Gasteiger partial charge in [0.15, 0.2) is 0 Å². The van der Waals surface area contributed by atoms with Crippen LogP contribution >= 0.6 is 0 Å². The van der Waals surface area contributed by atoms with Gasteiger partial charge < -0.3 is 15.3 Å². The van der Waals surface area contributed by atoms with E-state index in [4.69, 9.17) is 5.11 Å². The fraction of sp³-hybridized carbons (Fsp3) is 0.333. The first kappa shape index (κ1) is 19.5. The summed E-state index contributed by atoms with van der Waals surface area (Å²) in [6, 6.07) is 8.24. The van der Waals surface area contributed by atoms with E-state index >= 15 is 0 Å². The third-order valence-electron chi connectivity index (χ3n) is 5.08. The smallest absolute Gasteiger partial charge is 0.337 e. The predicted octanol–water partition coefficient (Wildman–Crippen LogP) is 3.44.